The minimum absolute atomic E-state index is 0.0456. The van der Waals surface area contributed by atoms with Crippen molar-refractivity contribution in [2.75, 3.05) is 23.7 Å². The number of carbonyl (C=O) groups is 2. The molecule has 0 aliphatic carbocycles. The summed E-state index contributed by atoms with van der Waals surface area (Å²) in [5.74, 6) is -0.902. The van der Waals surface area contributed by atoms with E-state index in [9.17, 15) is 18.0 Å². The molecule has 0 aromatic heterocycles. The molecule has 168 valence electrons. The number of benzene rings is 2. The predicted octanol–water partition coefficient (Wildman–Crippen LogP) is 3.31. The van der Waals surface area contributed by atoms with E-state index in [0.717, 1.165) is 10.6 Å². The van der Waals surface area contributed by atoms with Crippen molar-refractivity contribution in [2.45, 2.75) is 26.4 Å². The zero-order valence-corrected chi connectivity index (χ0v) is 19.8. The minimum atomic E-state index is -3.80. The first-order valence-corrected chi connectivity index (χ1v) is 12.2. The Labute approximate surface area is 193 Å². The van der Waals surface area contributed by atoms with Crippen molar-refractivity contribution in [3.63, 3.8) is 0 Å². The Kier molecular flexibility index (Phi) is 8.73. The fraction of sp³-hybridized carbons (Fsp3) is 0.333. The van der Waals surface area contributed by atoms with Gasteiger partial charge >= 0.3 is 0 Å². The van der Waals surface area contributed by atoms with Crippen LogP contribution in [0.25, 0.3) is 0 Å². The van der Waals surface area contributed by atoms with Gasteiger partial charge in [0.05, 0.1) is 11.9 Å². The Hall–Kier alpha value is -2.29. The third-order valence-corrected chi connectivity index (χ3v) is 6.34. The van der Waals surface area contributed by atoms with Crippen molar-refractivity contribution < 1.29 is 18.0 Å². The first-order valence-electron chi connectivity index (χ1n) is 9.58. The number of amides is 2. The molecule has 0 aliphatic rings. The maximum absolute atomic E-state index is 13.3. The summed E-state index contributed by atoms with van der Waals surface area (Å²) in [7, 11) is -3.80. The van der Waals surface area contributed by atoms with E-state index < -0.39 is 28.5 Å². The number of likely N-dealkylation sites (N-methyl/N-ethyl adjacent to an activating group) is 1. The van der Waals surface area contributed by atoms with Crippen LogP contribution in [0.5, 0.6) is 0 Å². The maximum atomic E-state index is 13.3. The Morgan fingerprint density at radius 2 is 1.77 bits per heavy atom. The first kappa shape index (κ1) is 25.0. The van der Waals surface area contributed by atoms with Crippen LogP contribution in [0, 0.1) is 0 Å². The molecule has 2 rings (SSSR count). The number of hydrogen-bond acceptors (Lipinski definition) is 4. The summed E-state index contributed by atoms with van der Waals surface area (Å²) in [4.78, 5) is 27.1. The standard InChI is InChI=1S/C21H25Cl2N3O4S/c1-4-24-21(28)15(2)25(13-16-8-5-6-11-19(16)23)20(27)14-26(31(3,29)30)18-10-7-9-17(22)12-18/h5-12,15H,4,13-14H2,1-3H3,(H,24,28)/t15-/m0/s1. The molecule has 0 radical (unpaired) electrons. The van der Waals surface area contributed by atoms with Crippen LogP contribution in [0.4, 0.5) is 5.69 Å². The molecule has 2 aromatic rings. The summed E-state index contributed by atoms with van der Waals surface area (Å²) >= 11 is 12.3. The molecule has 10 heteroatoms. The monoisotopic (exact) mass is 485 g/mol. The number of halogens is 2. The minimum Gasteiger partial charge on any atom is -0.355 e. The highest BCUT2D eigenvalue weighted by Gasteiger charge is 2.30. The molecule has 0 spiro atoms. The number of carbonyl (C=O) groups excluding carboxylic acids is 2. The largest absolute Gasteiger partial charge is 0.355 e. The highest BCUT2D eigenvalue weighted by molar-refractivity contribution is 7.92. The van der Waals surface area contributed by atoms with Gasteiger partial charge in [-0.1, -0.05) is 47.5 Å². The summed E-state index contributed by atoms with van der Waals surface area (Å²) in [6.07, 6.45) is 1.01. The van der Waals surface area contributed by atoms with E-state index in [4.69, 9.17) is 23.2 Å². The fourth-order valence-corrected chi connectivity index (χ4v) is 4.18. The summed E-state index contributed by atoms with van der Waals surface area (Å²) in [6, 6.07) is 12.3. The molecule has 1 atom stereocenters. The quantitative estimate of drug-likeness (QED) is 0.589. The summed E-state index contributed by atoms with van der Waals surface area (Å²) in [5.41, 5.74) is 0.897. The van der Waals surface area contributed by atoms with Gasteiger partial charge in [-0.3, -0.25) is 13.9 Å². The molecule has 31 heavy (non-hydrogen) atoms. The molecule has 0 unspecified atom stereocenters. The molecule has 0 aliphatic heterocycles. The normalized spacial score (nSPS) is 12.2. The van der Waals surface area contributed by atoms with E-state index in [0.29, 0.717) is 22.2 Å². The summed E-state index contributed by atoms with van der Waals surface area (Å²) in [5, 5.41) is 3.47. The van der Waals surface area contributed by atoms with Crippen molar-refractivity contribution in [1.82, 2.24) is 10.2 Å². The average Bonchev–Trinajstić information content (AvgIpc) is 2.70. The van der Waals surface area contributed by atoms with Gasteiger partial charge in [-0.15, -0.1) is 0 Å². The topological polar surface area (TPSA) is 86.8 Å². The van der Waals surface area contributed by atoms with Gasteiger partial charge in [0.2, 0.25) is 21.8 Å². The third-order valence-electron chi connectivity index (χ3n) is 4.59. The predicted molar refractivity (Wildman–Crippen MR) is 124 cm³/mol. The molecule has 2 amide bonds. The zero-order valence-electron chi connectivity index (χ0n) is 17.5. The van der Waals surface area contributed by atoms with Crippen molar-refractivity contribution in [2.24, 2.45) is 0 Å². The Balaban J connectivity index is 2.40. The lowest BCUT2D eigenvalue weighted by Crippen LogP contribution is -2.51. The Morgan fingerprint density at radius 3 is 2.35 bits per heavy atom. The van der Waals surface area contributed by atoms with Gasteiger partial charge in [0, 0.05) is 23.1 Å². The highest BCUT2D eigenvalue weighted by atomic mass is 35.5. The zero-order chi connectivity index (χ0) is 23.2. The maximum Gasteiger partial charge on any atom is 0.244 e. The van der Waals surface area contributed by atoms with Gasteiger partial charge < -0.3 is 10.2 Å². The van der Waals surface area contributed by atoms with E-state index in [-0.39, 0.29) is 18.1 Å². The lowest BCUT2D eigenvalue weighted by atomic mass is 10.1. The summed E-state index contributed by atoms with van der Waals surface area (Å²) < 4.78 is 25.8. The van der Waals surface area contributed by atoms with E-state index in [2.05, 4.69) is 5.32 Å². The van der Waals surface area contributed by atoms with Crippen LogP contribution in [-0.2, 0) is 26.2 Å². The SMILES string of the molecule is CCNC(=O)[C@H](C)N(Cc1ccccc1Cl)C(=O)CN(c1cccc(Cl)c1)S(C)(=O)=O. The van der Waals surface area contributed by atoms with Crippen LogP contribution >= 0.6 is 23.2 Å². The fourth-order valence-electron chi connectivity index (χ4n) is 2.96. The van der Waals surface area contributed by atoms with Gasteiger partial charge in [-0.25, -0.2) is 8.42 Å². The number of nitrogens with one attached hydrogen (secondary N) is 1. The molecule has 1 N–H and O–H groups in total. The summed E-state index contributed by atoms with van der Waals surface area (Å²) in [6.45, 7) is 3.31. The third kappa shape index (κ3) is 6.85. The Bertz CT molecular complexity index is 1050. The van der Waals surface area contributed by atoms with Crippen LogP contribution in [0.2, 0.25) is 10.0 Å². The van der Waals surface area contributed by atoms with Crippen molar-refractivity contribution in [1.29, 1.82) is 0 Å². The van der Waals surface area contributed by atoms with Crippen molar-refractivity contribution >= 4 is 50.7 Å². The number of rotatable bonds is 9. The average molecular weight is 486 g/mol. The Morgan fingerprint density at radius 1 is 1.10 bits per heavy atom. The lowest BCUT2D eigenvalue weighted by molar-refractivity contribution is -0.139. The van der Waals surface area contributed by atoms with E-state index in [1.807, 2.05) is 0 Å². The van der Waals surface area contributed by atoms with Crippen LogP contribution in [0.15, 0.2) is 48.5 Å². The van der Waals surface area contributed by atoms with E-state index >= 15 is 0 Å². The molecule has 7 nitrogen and oxygen atoms in total. The van der Waals surface area contributed by atoms with Gasteiger partial charge in [0.1, 0.15) is 12.6 Å². The second-order valence-electron chi connectivity index (χ2n) is 6.93. The van der Waals surface area contributed by atoms with Gasteiger partial charge in [-0.2, -0.15) is 0 Å². The van der Waals surface area contributed by atoms with Crippen LogP contribution in [-0.4, -0.2) is 50.5 Å². The molecule has 0 saturated heterocycles. The number of nitrogens with zero attached hydrogens (tertiary/aromatic N) is 2. The van der Waals surface area contributed by atoms with Crippen LogP contribution in [0.1, 0.15) is 19.4 Å². The van der Waals surface area contributed by atoms with Gasteiger partial charge in [-0.05, 0) is 43.7 Å². The van der Waals surface area contributed by atoms with Crippen molar-refractivity contribution in [3.05, 3.63) is 64.1 Å². The van der Waals surface area contributed by atoms with Crippen LogP contribution < -0.4 is 9.62 Å². The number of hydrogen-bond donors (Lipinski definition) is 1. The molecule has 0 saturated carbocycles. The first-order chi connectivity index (χ1) is 14.5. The lowest BCUT2D eigenvalue weighted by Gasteiger charge is -2.31. The van der Waals surface area contributed by atoms with E-state index in [1.165, 1.54) is 11.0 Å². The molecule has 0 bridgehead atoms. The number of anilines is 1. The molecular formula is C21H25Cl2N3O4S. The number of sulfonamides is 1. The second kappa shape index (κ2) is 10.8. The smallest absolute Gasteiger partial charge is 0.244 e. The van der Waals surface area contributed by atoms with E-state index in [1.54, 1.807) is 56.3 Å². The molecule has 2 aromatic carbocycles. The molecule has 0 heterocycles. The van der Waals surface area contributed by atoms with Crippen molar-refractivity contribution in [3.8, 4) is 0 Å². The second-order valence-corrected chi connectivity index (χ2v) is 9.68. The highest BCUT2D eigenvalue weighted by Crippen LogP contribution is 2.23. The van der Waals surface area contributed by atoms with Crippen LogP contribution in [0.3, 0.4) is 0 Å². The van der Waals surface area contributed by atoms with Gasteiger partial charge in [0.25, 0.3) is 0 Å². The molecular weight excluding hydrogens is 461 g/mol. The molecule has 0 fully saturated rings. The van der Waals surface area contributed by atoms with Gasteiger partial charge in [0.15, 0.2) is 0 Å².